The molecule has 0 unspecified atom stereocenters. The van der Waals surface area contributed by atoms with Gasteiger partial charge < -0.3 is 9.97 Å². The van der Waals surface area contributed by atoms with Crippen LogP contribution in [0.4, 0.5) is 0 Å². The van der Waals surface area contributed by atoms with E-state index in [4.69, 9.17) is 4.98 Å². The Morgan fingerprint density at radius 3 is 2.11 bits per heavy atom. The standard InChI is InChI=1S/C32H29N2.C11H8N.Ir/c1-20(2)13-23-15-24(14-21(3)4)18-26(17-23)32-31-10-9-28-27-7-5-22(19-33)16-25(27)6-8-29(28)30(31)11-12-34-32;1-2-6-10(7-3-1)11-8-4-5-9-12-11;/h5-12,15-17,20-21H,13-14H2,1-4H3;1-6,8-9H;/q2*-1;. The molecule has 0 saturated carbocycles. The zero-order chi connectivity index (χ0) is 32.0. The van der Waals surface area contributed by atoms with Crippen LogP contribution in [0.15, 0.2) is 116 Å². The van der Waals surface area contributed by atoms with Gasteiger partial charge in [-0.15, -0.1) is 70.8 Å². The van der Waals surface area contributed by atoms with Crippen LogP contribution >= 0.6 is 0 Å². The molecule has 2 heterocycles. The first-order valence-electron chi connectivity index (χ1n) is 16.0. The number of hydrogen-bond acceptors (Lipinski definition) is 3. The van der Waals surface area contributed by atoms with E-state index in [1.807, 2.05) is 60.8 Å². The number of nitriles is 1. The summed E-state index contributed by atoms with van der Waals surface area (Å²) in [6, 6.07) is 44.1. The van der Waals surface area contributed by atoms with Gasteiger partial charge in [-0.25, -0.2) is 0 Å². The van der Waals surface area contributed by atoms with Gasteiger partial charge in [0.05, 0.1) is 11.6 Å². The summed E-state index contributed by atoms with van der Waals surface area (Å²) in [5.74, 6) is 1.18. The molecule has 0 spiro atoms. The van der Waals surface area contributed by atoms with E-state index in [1.54, 1.807) is 6.20 Å². The molecule has 1 radical (unpaired) electrons. The minimum atomic E-state index is 0. The van der Waals surface area contributed by atoms with Crippen LogP contribution in [0.3, 0.4) is 0 Å². The SMILES string of the molecule is CC(C)Cc1[c-]c(-c2nccc3c2ccc2c4ccc(C#N)cc4ccc32)cc(CC(C)C)c1.[Ir].[c-]1ccccc1-c1ccccn1. The van der Waals surface area contributed by atoms with E-state index < -0.39 is 0 Å². The summed E-state index contributed by atoms with van der Waals surface area (Å²) in [6.45, 7) is 9.05. The van der Waals surface area contributed by atoms with Gasteiger partial charge in [-0.2, -0.15) is 5.26 Å². The molecular formula is C43H37IrN3-2. The second-order valence-corrected chi connectivity index (χ2v) is 12.6. The first-order valence-corrected chi connectivity index (χ1v) is 16.0. The molecular weight excluding hydrogens is 751 g/mol. The smallest absolute Gasteiger partial charge is 0.0991 e. The fourth-order valence-corrected chi connectivity index (χ4v) is 6.13. The predicted octanol–water partition coefficient (Wildman–Crippen LogP) is 10.8. The molecule has 235 valence electrons. The molecule has 0 saturated heterocycles. The van der Waals surface area contributed by atoms with E-state index in [9.17, 15) is 5.26 Å². The fourth-order valence-electron chi connectivity index (χ4n) is 6.13. The van der Waals surface area contributed by atoms with Gasteiger partial charge in [0, 0.05) is 32.5 Å². The van der Waals surface area contributed by atoms with Gasteiger partial charge in [-0.3, -0.25) is 0 Å². The van der Waals surface area contributed by atoms with E-state index in [0.29, 0.717) is 17.4 Å². The molecule has 0 fully saturated rings. The predicted molar refractivity (Wildman–Crippen MR) is 191 cm³/mol. The maximum atomic E-state index is 9.27. The van der Waals surface area contributed by atoms with Gasteiger partial charge in [-0.05, 0) is 92.6 Å². The molecule has 2 aromatic heterocycles. The number of fused-ring (bicyclic) bond motifs is 5. The first kappa shape index (κ1) is 33.7. The molecule has 5 aromatic carbocycles. The Hall–Kier alpha value is -4.68. The van der Waals surface area contributed by atoms with Crippen LogP contribution in [0.2, 0.25) is 0 Å². The van der Waals surface area contributed by atoms with Crippen molar-refractivity contribution in [3.05, 3.63) is 144 Å². The van der Waals surface area contributed by atoms with Crippen molar-refractivity contribution in [2.24, 2.45) is 11.8 Å². The largest absolute Gasteiger partial charge is 0.305 e. The van der Waals surface area contributed by atoms with Gasteiger partial charge in [-0.1, -0.05) is 70.2 Å². The summed E-state index contributed by atoms with van der Waals surface area (Å²) in [7, 11) is 0. The van der Waals surface area contributed by atoms with Crippen molar-refractivity contribution in [3.63, 3.8) is 0 Å². The molecule has 0 aliphatic rings. The second kappa shape index (κ2) is 15.3. The summed E-state index contributed by atoms with van der Waals surface area (Å²) < 4.78 is 0. The van der Waals surface area contributed by atoms with Crippen LogP contribution in [0.5, 0.6) is 0 Å². The van der Waals surface area contributed by atoms with Crippen molar-refractivity contribution in [3.8, 4) is 28.6 Å². The molecule has 0 atom stereocenters. The Morgan fingerprint density at radius 2 is 1.38 bits per heavy atom. The Bertz CT molecular complexity index is 2100. The third kappa shape index (κ3) is 7.83. The summed E-state index contributed by atoms with van der Waals surface area (Å²) in [5.41, 5.74) is 7.40. The maximum Gasteiger partial charge on any atom is 0.0991 e. The quantitative estimate of drug-likeness (QED) is 0.125. The van der Waals surface area contributed by atoms with Crippen molar-refractivity contribution in [1.82, 2.24) is 9.97 Å². The number of aromatic nitrogens is 2. The molecule has 0 amide bonds. The Balaban J connectivity index is 0.000000280. The average Bonchev–Trinajstić information content (AvgIpc) is 3.07. The molecule has 7 aromatic rings. The number of rotatable bonds is 6. The molecule has 0 aliphatic heterocycles. The third-order valence-corrected chi connectivity index (χ3v) is 8.05. The zero-order valence-electron chi connectivity index (χ0n) is 27.2. The Labute approximate surface area is 291 Å². The molecule has 7 rings (SSSR count). The third-order valence-electron chi connectivity index (χ3n) is 8.05. The van der Waals surface area contributed by atoms with Gasteiger partial charge in [0.25, 0.3) is 0 Å². The van der Waals surface area contributed by atoms with Gasteiger partial charge in [0.1, 0.15) is 0 Å². The van der Waals surface area contributed by atoms with Crippen LogP contribution in [-0.2, 0) is 32.9 Å². The molecule has 3 nitrogen and oxygen atoms in total. The van der Waals surface area contributed by atoms with Crippen molar-refractivity contribution in [2.75, 3.05) is 0 Å². The van der Waals surface area contributed by atoms with Crippen LogP contribution in [0, 0.1) is 35.3 Å². The zero-order valence-corrected chi connectivity index (χ0v) is 29.6. The van der Waals surface area contributed by atoms with Gasteiger partial charge in [0.2, 0.25) is 0 Å². The number of hydrogen-bond donors (Lipinski definition) is 0. The summed E-state index contributed by atoms with van der Waals surface area (Å²) in [5, 5.41) is 16.3. The van der Waals surface area contributed by atoms with E-state index >= 15 is 0 Å². The minimum Gasteiger partial charge on any atom is -0.305 e. The van der Waals surface area contributed by atoms with Crippen LogP contribution in [-0.4, -0.2) is 9.97 Å². The summed E-state index contributed by atoms with van der Waals surface area (Å²) in [4.78, 5) is 9.06. The number of benzene rings is 5. The number of pyridine rings is 2. The van der Waals surface area contributed by atoms with Crippen molar-refractivity contribution in [2.45, 2.75) is 40.5 Å². The first-order chi connectivity index (χ1) is 22.4. The van der Waals surface area contributed by atoms with Crippen molar-refractivity contribution < 1.29 is 20.1 Å². The van der Waals surface area contributed by atoms with E-state index in [1.165, 1.54) is 32.7 Å². The van der Waals surface area contributed by atoms with Crippen LogP contribution in [0.25, 0.3) is 54.8 Å². The molecule has 47 heavy (non-hydrogen) atoms. The van der Waals surface area contributed by atoms with Crippen molar-refractivity contribution in [1.29, 1.82) is 5.26 Å². The Morgan fingerprint density at radius 1 is 0.660 bits per heavy atom. The van der Waals surface area contributed by atoms with Crippen molar-refractivity contribution >= 4 is 32.3 Å². The topological polar surface area (TPSA) is 49.6 Å². The summed E-state index contributed by atoms with van der Waals surface area (Å²) >= 11 is 0. The van der Waals surface area contributed by atoms with Gasteiger partial charge >= 0.3 is 0 Å². The van der Waals surface area contributed by atoms with Crippen LogP contribution in [0.1, 0.15) is 44.4 Å². The van der Waals surface area contributed by atoms with Gasteiger partial charge in [0.15, 0.2) is 0 Å². The number of nitrogens with zero attached hydrogens (tertiary/aromatic N) is 3. The monoisotopic (exact) mass is 788 g/mol. The molecule has 4 heteroatoms. The van der Waals surface area contributed by atoms with Crippen LogP contribution < -0.4 is 0 Å². The maximum absolute atomic E-state index is 9.27. The average molecular weight is 788 g/mol. The Kier molecular flexibility index (Phi) is 10.9. The fraction of sp³-hybridized carbons (Fsp3) is 0.186. The second-order valence-electron chi connectivity index (χ2n) is 12.6. The van der Waals surface area contributed by atoms with E-state index in [2.05, 4.69) is 99.4 Å². The van der Waals surface area contributed by atoms with E-state index in [0.717, 1.165) is 46.1 Å². The normalized spacial score (nSPS) is 10.9. The molecule has 0 aliphatic carbocycles. The molecule has 0 bridgehead atoms. The van der Waals surface area contributed by atoms with E-state index in [-0.39, 0.29) is 20.1 Å². The molecule has 0 N–H and O–H groups in total. The minimum absolute atomic E-state index is 0. The summed E-state index contributed by atoms with van der Waals surface area (Å²) in [6.07, 6.45) is 5.78.